The number of carbonyl (C=O) groups is 2. The second kappa shape index (κ2) is 9.18. The first-order valence-corrected chi connectivity index (χ1v) is 9.64. The number of anilines is 1. The van der Waals surface area contributed by atoms with E-state index in [2.05, 4.69) is 20.6 Å². The number of carbonyl (C=O) groups excluding carboxylic acids is 2. The molecule has 2 aromatic heterocycles. The summed E-state index contributed by atoms with van der Waals surface area (Å²) in [6, 6.07) is 12.4. The van der Waals surface area contributed by atoms with Gasteiger partial charge >= 0.3 is 0 Å². The second-order valence-electron chi connectivity index (χ2n) is 6.13. The summed E-state index contributed by atoms with van der Waals surface area (Å²) in [4.78, 5) is 32.8. The van der Waals surface area contributed by atoms with E-state index in [1.54, 1.807) is 24.3 Å². The Kier molecular flexibility index (Phi) is 6.44. The highest BCUT2D eigenvalue weighted by atomic mass is 32.2. The summed E-state index contributed by atoms with van der Waals surface area (Å²) in [5, 5.41) is 6.22. The fourth-order valence-electron chi connectivity index (χ4n) is 2.50. The molecule has 0 fully saturated rings. The Hall–Kier alpha value is -3.13. The first-order chi connectivity index (χ1) is 13.5. The lowest BCUT2D eigenvalue weighted by Gasteiger charge is -2.08. The van der Waals surface area contributed by atoms with Gasteiger partial charge in [-0.2, -0.15) is 0 Å². The molecule has 0 atom stereocenters. The minimum atomic E-state index is -0.323. The van der Waals surface area contributed by atoms with E-state index in [0.717, 1.165) is 17.0 Å². The van der Waals surface area contributed by atoms with Gasteiger partial charge in [-0.3, -0.25) is 9.59 Å². The molecule has 7 nitrogen and oxygen atoms in total. The molecular weight excluding hydrogens is 376 g/mol. The minimum Gasteiger partial charge on any atom is -0.459 e. The first-order valence-electron chi connectivity index (χ1n) is 8.65. The minimum absolute atomic E-state index is 0.113. The molecular formula is C20H20N4O3S. The molecule has 0 aliphatic carbocycles. The van der Waals surface area contributed by atoms with Crippen LogP contribution in [0.3, 0.4) is 0 Å². The van der Waals surface area contributed by atoms with Gasteiger partial charge in [-0.15, -0.1) is 0 Å². The van der Waals surface area contributed by atoms with E-state index >= 15 is 0 Å². The van der Waals surface area contributed by atoms with Crippen LogP contribution in [0.2, 0.25) is 0 Å². The first kappa shape index (κ1) is 19.6. The van der Waals surface area contributed by atoms with Crippen LogP contribution in [-0.4, -0.2) is 27.5 Å². The van der Waals surface area contributed by atoms with Gasteiger partial charge in [0.1, 0.15) is 0 Å². The number of hydrogen-bond donors (Lipinski definition) is 2. The number of thioether (sulfide) groups is 1. The molecule has 28 heavy (non-hydrogen) atoms. The lowest BCUT2D eigenvalue weighted by molar-refractivity contribution is -0.118. The van der Waals surface area contributed by atoms with Gasteiger partial charge < -0.3 is 15.1 Å². The van der Waals surface area contributed by atoms with E-state index in [9.17, 15) is 9.59 Å². The number of rotatable bonds is 7. The highest BCUT2D eigenvalue weighted by Gasteiger charge is 2.10. The average Bonchev–Trinajstić information content (AvgIpc) is 3.19. The lowest BCUT2D eigenvalue weighted by atomic mass is 10.2. The molecule has 0 bridgehead atoms. The number of aromatic nitrogens is 2. The molecule has 0 spiro atoms. The largest absolute Gasteiger partial charge is 0.459 e. The van der Waals surface area contributed by atoms with Crippen LogP contribution in [0.15, 0.2) is 58.3 Å². The molecule has 0 aliphatic heterocycles. The Bertz CT molecular complexity index is 953. The molecule has 2 heterocycles. The Morgan fingerprint density at radius 3 is 2.57 bits per heavy atom. The molecule has 3 aromatic rings. The average molecular weight is 396 g/mol. The van der Waals surface area contributed by atoms with E-state index in [-0.39, 0.29) is 23.3 Å². The van der Waals surface area contributed by atoms with Crippen LogP contribution in [-0.2, 0) is 11.3 Å². The fourth-order valence-corrected chi connectivity index (χ4v) is 3.28. The molecule has 0 aliphatic rings. The number of amides is 2. The highest BCUT2D eigenvalue weighted by Crippen LogP contribution is 2.15. The smallest absolute Gasteiger partial charge is 0.291 e. The molecule has 2 amide bonds. The molecule has 0 radical (unpaired) electrons. The number of aryl methyl sites for hydroxylation is 2. The van der Waals surface area contributed by atoms with Gasteiger partial charge in [-0.1, -0.05) is 23.9 Å². The third-order valence-electron chi connectivity index (χ3n) is 3.71. The number of nitrogens with zero attached hydrogens (tertiary/aromatic N) is 2. The van der Waals surface area contributed by atoms with Crippen LogP contribution in [0.5, 0.6) is 0 Å². The van der Waals surface area contributed by atoms with Crippen LogP contribution in [0.1, 0.15) is 27.5 Å². The number of hydrogen-bond acceptors (Lipinski definition) is 6. The number of nitrogens with one attached hydrogen (secondary N) is 2. The summed E-state index contributed by atoms with van der Waals surface area (Å²) in [5.74, 6) is 0.0378. The van der Waals surface area contributed by atoms with Crippen LogP contribution in [0.25, 0.3) is 0 Å². The predicted molar refractivity (Wildman–Crippen MR) is 107 cm³/mol. The van der Waals surface area contributed by atoms with Crippen LogP contribution < -0.4 is 10.6 Å². The van der Waals surface area contributed by atoms with Crippen LogP contribution >= 0.6 is 11.8 Å². The molecule has 8 heteroatoms. The summed E-state index contributed by atoms with van der Waals surface area (Å²) < 4.78 is 5.07. The van der Waals surface area contributed by atoms with Gasteiger partial charge in [0.25, 0.3) is 5.91 Å². The molecule has 0 saturated carbocycles. The molecule has 0 unspecified atom stereocenters. The van der Waals surface area contributed by atoms with E-state index in [0.29, 0.717) is 17.4 Å². The zero-order valence-electron chi connectivity index (χ0n) is 15.6. The van der Waals surface area contributed by atoms with Gasteiger partial charge in [0.2, 0.25) is 5.91 Å². The van der Waals surface area contributed by atoms with Crippen molar-refractivity contribution in [3.8, 4) is 0 Å². The molecule has 3 rings (SSSR count). The maximum Gasteiger partial charge on any atom is 0.291 e. The zero-order chi connectivity index (χ0) is 19.9. The maximum absolute atomic E-state index is 12.1. The Morgan fingerprint density at radius 1 is 1.07 bits per heavy atom. The monoisotopic (exact) mass is 396 g/mol. The summed E-state index contributed by atoms with van der Waals surface area (Å²) in [6.07, 6.45) is 1.45. The summed E-state index contributed by atoms with van der Waals surface area (Å²) in [6.45, 7) is 4.16. The van der Waals surface area contributed by atoms with Crippen LogP contribution in [0, 0.1) is 13.8 Å². The summed E-state index contributed by atoms with van der Waals surface area (Å²) in [5.41, 5.74) is 3.26. The van der Waals surface area contributed by atoms with E-state index < -0.39 is 0 Å². The van der Waals surface area contributed by atoms with Crippen molar-refractivity contribution < 1.29 is 14.0 Å². The normalized spacial score (nSPS) is 10.5. The van der Waals surface area contributed by atoms with Crippen molar-refractivity contribution in [3.63, 3.8) is 0 Å². The van der Waals surface area contributed by atoms with Gasteiger partial charge in [-0.25, -0.2) is 9.97 Å². The van der Waals surface area contributed by atoms with Gasteiger partial charge in [0.15, 0.2) is 10.9 Å². The Labute approximate surface area is 167 Å². The topological polar surface area (TPSA) is 97.1 Å². The second-order valence-corrected chi connectivity index (χ2v) is 7.07. The molecule has 1 aromatic carbocycles. The predicted octanol–water partition coefficient (Wildman–Crippen LogP) is 3.35. The van der Waals surface area contributed by atoms with Crippen molar-refractivity contribution >= 4 is 29.3 Å². The standard InChI is InChI=1S/C20H20N4O3S/c1-13-9-14(2)23-20(22-13)28-12-18(25)21-11-15-5-3-6-16(10-15)24-19(26)17-7-4-8-27-17/h3-10H,11-12H2,1-2H3,(H,21,25)(H,24,26). The number of furan rings is 1. The Balaban J connectivity index is 1.50. The van der Waals surface area contributed by atoms with Gasteiger partial charge in [-0.05, 0) is 49.7 Å². The van der Waals surface area contributed by atoms with E-state index in [1.807, 2.05) is 32.0 Å². The van der Waals surface area contributed by atoms with Crippen molar-refractivity contribution in [2.24, 2.45) is 0 Å². The van der Waals surface area contributed by atoms with E-state index in [1.165, 1.54) is 18.0 Å². The Morgan fingerprint density at radius 2 is 1.86 bits per heavy atom. The molecule has 144 valence electrons. The van der Waals surface area contributed by atoms with Crippen molar-refractivity contribution in [2.75, 3.05) is 11.1 Å². The van der Waals surface area contributed by atoms with Crippen LogP contribution in [0.4, 0.5) is 5.69 Å². The zero-order valence-corrected chi connectivity index (χ0v) is 16.4. The van der Waals surface area contributed by atoms with Gasteiger partial charge in [0.05, 0.1) is 12.0 Å². The molecule has 0 saturated heterocycles. The summed E-state index contributed by atoms with van der Waals surface area (Å²) in [7, 11) is 0. The van der Waals surface area contributed by atoms with Crippen molar-refractivity contribution in [2.45, 2.75) is 25.5 Å². The van der Waals surface area contributed by atoms with E-state index in [4.69, 9.17) is 4.42 Å². The highest BCUT2D eigenvalue weighted by molar-refractivity contribution is 7.99. The SMILES string of the molecule is Cc1cc(C)nc(SCC(=O)NCc2cccc(NC(=O)c3ccco3)c2)n1. The third kappa shape index (κ3) is 5.68. The van der Waals surface area contributed by atoms with Gasteiger partial charge in [0, 0.05) is 23.6 Å². The summed E-state index contributed by atoms with van der Waals surface area (Å²) >= 11 is 1.30. The molecule has 2 N–H and O–H groups in total. The van der Waals surface area contributed by atoms with Crippen molar-refractivity contribution in [1.82, 2.24) is 15.3 Å². The third-order valence-corrected chi connectivity index (χ3v) is 4.56. The number of benzene rings is 1. The van der Waals surface area contributed by atoms with Crippen molar-refractivity contribution in [1.29, 1.82) is 0 Å². The van der Waals surface area contributed by atoms with Crippen molar-refractivity contribution in [3.05, 3.63) is 71.4 Å². The maximum atomic E-state index is 12.1. The quantitative estimate of drug-likeness (QED) is 0.470. The lowest BCUT2D eigenvalue weighted by Crippen LogP contribution is -2.24. The fraction of sp³-hybridized carbons (Fsp3) is 0.200.